The Morgan fingerprint density at radius 1 is 1.38 bits per heavy atom. The van der Waals surface area contributed by atoms with Gasteiger partial charge in [0.1, 0.15) is 0 Å². The number of hydrogen-bond donors (Lipinski definition) is 1. The quantitative estimate of drug-likeness (QED) is 0.936. The summed E-state index contributed by atoms with van der Waals surface area (Å²) in [6.45, 7) is 8.91. The van der Waals surface area contributed by atoms with E-state index in [-0.39, 0.29) is 0 Å². The van der Waals surface area contributed by atoms with Gasteiger partial charge in [-0.05, 0) is 51.0 Å². The molecule has 1 aromatic heterocycles. The second kappa shape index (κ2) is 5.85. The molecule has 2 heterocycles. The van der Waals surface area contributed by atoms with Crippen LogP contribution in [-0.4, -0.2) is 40.3 Å². The highest BCUT2D eigenvalue weighted by Gasteiger charge is 2.24. The van der Waals surface area contributed by atoms with Gasteiger partial charge >= 0.3 is 0 Å². The fraction of sp³-hybridized carbons (Fsp3) is 0.500. The smallest absolute Gasteiger partial charge is 0.247 e. The van der Waals surface area contributed by atoms with Crippen molar-refractivity contribution >= 4 is 5.69 Å². The maximum absolute atomic E-state index is 5.24. The van der Waals surface area contributed by atoms with Gasteiger partial charge in [-0.15, -0.1) is 10.2 Å². The van der Waals surface area contributed by atoms with Crippen LogP contribution in [0.5, 0.6) is 0 Å². The minimum Gasteiger partial charge on any atom is -0.423 e. The topological polar surface area (TPSA) is 54.2 Å². The third-order valence-electron chi connectivity index (χ3n) is 4.14. The van der Waals surface area contributed by atoms with Gasteiger partial charge in [-0.2, -0.15) is 0 Å². The molecule has 1 N–H and O–H groups in total. The van der Waals surface area contributed by atoms with Gasteiger partial charge in [0.2, 0.25) is 12.3 Å². The molecule has 1 atom stereocenters. The third kappa shape index (κ3) is 3.08. The molecule has 5 nitrogen and oxygen atoms in total. The van der Waals surface area contributed by atoms with E-state index in [9.17, 15) is 0 Å². The van der Waals surface area contributed by atoms with Crippen LogP contribution in [0.3, 0.4) is 0 Å². The number of likely N-dealkylation sites (tertiary alicyclic amines) is 1. The monoisotopic (exact) mass is 286 g/mol. The van der Waals surface area contributed by atoms with Crippen molar-refractivity contribution in [2.45, 2.75) is 39.3 Å². The number of benzene rings is 1. The molecule has 0 amide bonds. The van der Waals surface area contributed by atoms with Crippen LogP contribution in [0.25, 0.3) is 11.5 Å². The summed E-state index contributed by atoms with van der Waals surface area (Å²) in [6.07, 6.45) is 2.55. The molecule has 112 valence electrons. The van der Waals surface area contributed by atoms with E-state index in [2.05, 4.69) is 53.3 Å². The molecule has 1 aromatic carbocycles. The maximum Gasteiger partial charge on any atom is 0.247 e. The molecule has 0 spiro atoms. The number of aromatic nitrogens is 2. The molecule has 5 heteroatoms. The Kier molecular flexibility index (Phi) is 3.92. The first-order valence-corrected chi connectivity index (χ1v) is 7.51. The SMILES string of the molecule is Cc1cc(-c2nnco2)ccc1NC1CCN(C(C)C)C1. The van der Waals surface area contributed by atoms with Crippen molar-refractivity contribution < 1.29 is 4.42 Å². The van der Waals surface area contributed by atoms with Crippen molar-refractivity contribution in [1.29, 1.82) is 0 Å². The van der Waals surface area contributed by atoms with Gasteiger partial charge in [-0.3, -0.25) is 4.90 Å². The average Bonchev–Trinajstić information content (AvgIpc) is 3.12. The fourth-order valence-electron chi connectivity index (χ4n) is 2.85. The Morgan fingerprint density at radius 2 is 2.24 bits per heavy atom. The molecule has 1 fully saturated rings. The highest BCUT2D eigenvalue weighted by Crippen LogP contribution is 2.25. The Labute approximate surface area is 125 Å². The number of hydrogen-bond acceptors (Lipinski definition) is 5. The van der Waals surface area contributed by atoms with Gasteiger partial charge in [0, 0.05) is 36.4 Å². The molecule has 1 unspecified atom stereocenters. The summed E-state index contributed by atoms with van der Waals surface area (Å²) in [5.74, 6) is 0.566. The maximum atomic E-state index is 5.24. The van der Waals surface area contributed by atoms with E-state index in [1.165, 1.54) is 30.6 Å². The summed E-state index contributed by atoms with van der Waals surface area (Å²) in [5, 5.41) is 11.3. The van der Waals surface area contributed by atoms with E-state index >= 15 is 0 Å². The van der Waals surface area contributed by atoms with Crippen molar-refractivity contribution in [3.63, 3.8) is 0 Å². The number of anilines is 1. The molecular formula is C16H22N4O. The number of rotatable bonds is 4. The zero-order chi connectivity index (χ0) is 14.8. The molecule has 3 rings (SSSR count). The van der Waals surface area contributed by atoms with Crippen molar-refractivity contribution in [1.82, 2.24) is 15.1 Å². The van der Waals surface area contributed by atoms with Crippen LogP contribution in [0.15, 0.2) is 29.0 Å². The van der Waals surface area contributed by atoms with E-state index < -0.39 is 0 Å². The van der Waals surface area contributed by atoms with Gasteiger partial charge in [0.15, 0.2) is 0 Å². The first-order valence-electron chi connectivity index (χ1n) is 7.51. The van der Waals surface area contributed by atoms with Crippen molar-refractivity contribution in [2.75, 3.05) is 18.4 Å². The van der Waals surface area contributed by atoms with Crippen LogP contribution >= 0.6 is 0 Å². The minimum absolute atomic E-state index is 0.528. The Bertz CT molecular complexity index is 594. The van der Waals surface area contributed by atoms with E-state index in [4.69, 9.17) is 4.42 Å². The summed E-state index contributed by atoms with van der Waals surface area (Å²) >= 11 is 0. The lowest BCUT2D eigenvalue weighted by Crippen LogP contribution is -2.31. The lowest BCUT2D eigenvalue weighted by atomic mass is 10.1. The molecular weight excluding hydrogens is 264 g/mol. The van der Waals surface area contributed by atoms with Gasteiger partial charge in [-0.1, -0.05) is 0 Å². The fourth-order valence-corrected chi connectivity index (χ4v) is 2.85. The highest BCUT2D eigenvalue weighted by atomic mass is 16.4. The van der Waals surface area contributed by atoms with Crippen LogP contribution in [0.2, 0.25) is 0 Å². The van der Waals surface area contributed by atoms with Crippen LogP contribution in [0, 0.1) is 6.92 Å². The van der Waals surface area contributed by atoms with E-state index in [0.29, 0.717) is 18.0 Å². The van der Waals surface area contributed by atoms with Crippen LogP contribution in [-0.2, 0) is 0 Å². The molecule has 1 aliphatic rings. The lowest BCUT2D eigenvalue weighted by Gasteiger charge is -2.21. The molecule has 1 aliphatic heterocycles. The lowest BCUT2D eigenvalue weighted by molar-refractivity contribution is 0.274. The first-order chi connectivity index (χ1) is 10.1. The molecule has 2 aromatic rings. The number of aryl methyl sites for hydroxylation is 1. The molecule has 21 heavy (non-hydrogen) atoms. The Morgan fingerprint density at radius 3 is 2.86 bits per heavy atom. The zero-order valence-corrected chi connectivity index (χ0v) is 12.8. The predicted octanol–water partition coefficient (Wildman–Crippen LogP) is 2.94. The summed E-state index contributed by atoms with van der Waals surface area (Å²) in [4.78, 5) is 2.51. The van der Waals surface area contributed by atoms with Crippen molar-refractivity contribution in [2.24, 2.45) is 0 Å². The van der Waals surface area contributed by atoms with Gasteiger partial charge < -0.3 is 9.73 Å². The third-order valence-corrected chi connectivity index (χ3v) is 4.14. The van der Waals surface area contributed by atoms with Gasteiger partial charge in [0.25, 0.3) is 0 Å². The van der Waals surface area contributed by atoms with E-state index in [1.807, 2.05) is 6.07 Å². The summed E-state index contributed by atoms with van der Waals surface area (Å²) in [5.41, 5.74) is 3.35. The standard InChI is InChI=1S/C16H22N4O/c1-11(2)20-7-6-14(9-20)18-15-5-4-13(8-12(15)3)16-19-17-10-21-16/h4-5,8,10-11,14,18H,6-7,9H2,1-3H3. The van der Waals surface area contributed by atoms with Crippen LogP contribution in [0.4, 0.5) is 5.69 Å². The Hall–Kier alpha value is -1.88. The van der Waals surface area contributed by atoms with E-state index in [1.54, 1.807) is 0 Å². The minimum atomic E-state index is 0.528. The molecule has 0 aliphatic carbocycles. The molecule has 0 radical (unpaired) electrons. The van der Waals surface area contributed by atoms with Gasteiger partial charge in [0.05, 0.1) is 0 Å². The molecule has 0 saturated carbocycles. The summed E-state index contributed by atoms with van der Waals surface area (Å²) in [7, 11) is 0. The molecule has 0 bridgehead atoms. The van der Waals surface area contributed by atoms with Gasteiger partial charge in [-0.25, -0.2) is 0 Å². The summed E-state index contributed by atoms with van der Waals surface area (Å²) in [6, 6.07) is 7.37. The average molecular weight is 286 g/mol. The Balaban J connectivity index is 1.70. The summed E-state index contributed by atoms with van der Waals surface area (Å²) < 4.78 is 5.24. The second-order valence-corrected chi connectivity index (χ2v) is 5.99. The van der Waals surface area contributed by atoms with Crippen LogP contribution in [0.1, 0.15) is 25.8 Å². The van der Waals surface area contributed by atoms with Crippen molar-refractivity contribution in [3.05, 3.63) is 30.2 Å². The molecule has 1 saturated heterocycles. The highest BCUT2D eigenvalue weighted by molar-refractivity contribution is 5.62. The van der Waals surface area contributed by atoms with E-state index in [0.717, 1.165) is 12.1 Å². The van der Waals surface area contributed by atoms with Crippen molar-refractivity contribution in [3.8, 4) is 11.5 Å². The predicted molar refractivity (Wildman–Crippen MR) is 83.2 cm³/mol. The normalized spacial score (nSPS) is 19.3. The largest absolute Gasteiger partial charge is 0.423 e. The number of nitrogens with one attached hydrogen (secondary N) is 1. The van der Waals surface area contributed by atoms with Crippen LogP contribution < -0.4 is 5.32 Å². The zero-order valence-electron chi connectivity index (χ0n) is 12.8. The number of nitrogens with zero attached hydrogens (tertiary/aromatic N) is 3. The first kappa shape index (κ1) is 14.1. The second-order valence-electron chi connectivity index (χ2n) is 5.99.